The van der Waals surface area contributed by atoms with Crippen LogP contribution in [-0.2, 0) is 24.4 Å². The molecule has 5 rings (SSSR count). The average molecular weight is 534 g/mol. The summed E-state index contributed by atoms with van der Waals surface area (Å²) in [6, 6.07) is 1.98. The molecule has 4 fully saturated rings. The number of hydrogen-bond acceptors (Lipinski definition) is 6. The van der Waals surface area contributed by atoms with Crippen molar-refractivity contribution in [1.82, 2.24) is 0 Å². The third-order valence-corrected chi connectivity index (χ3v) is 10.4. The quantitative estimate of drug-likeness (QED) is 0.483. The highest BCUT2D eigenvalue weighted by Gasteiger charge is 2.44. The molecule has 0 radical (unpaired) electrons. The van der Waals surface area contributed by atoms with Gasteiger partial charge < -0.3 is 24.2 Å². The number of thiophene rings is 1. The van der Waals surface area contributed by atoms with Crippen LogP contribution in [0, 0.1) is 17.8 Å². The SMILES string of the molecule is CC1CCC(C(=O)N(c2cc(C(C)(C)C)sc2C(=O)O)C2CCC(O[C@@H]3CO[C@H]4OCC[C@H]43)CC2)CC1. The van der Waals surface area contributed by atoms with E-state index < -0.39 is 5.97 Å². The number of aromatic carboxylic acids is 1. The second-order valence-electron chi connectivity index (χ2n) is 12.7. The van der Waals surface area contributed by atoms with Gasteiger partial charge in [0.05, 0.1) is 31.1 Å². The number of rotatable bonds is 6. The molecular weight excluding hydrogens is 490 g/mol. The molecule has 4 aliphatic rings. The van der Waals surface area contributed by atoms with Crippen molar-refractivity contribution in [2.45, 2.75) is 115 Å². The molecule has 0 aromatic carbocycles. The maximum absolute atomic E-state index is 14.1. The number of amides is 1. The van der Waals surface area contributed by atoms with Crippen molar-refractivity contribution in [2.24, 2.45) is 17.8 Å². The Labute approximate surface area is 224 Å². The number of anilines is 1. The van der Waals surface area contributed by atoms with Crippen LogP contribution in [0.5, 0.6) is 0 Å². The smallest absolute Gasteiger partial charge is 0.348 e. The van der Waals surface area contributed by atoms with Gasteiger partial charge in [-0.15, -0.1) is 11.3 Å². The lowest BCUT2D eigenvalue weighted by molar-refractivity contribution is -0.124. The first-order valence-electron chi connectivity index (χ1n) is 14.2. The van der Waals surface area contributed by atoms with Gasteiger partial charge in [0, 0.05) is 22.8 Å². The molecule has 2 aliphatic carbocycles. The van der Waals surface area contributed by atoms with E-state index in [0.717, 1.165) is 69.3 Å². The number of fused-ring (bicyclic) bond motifs is 1. The van der Waals surface area contributed by atoms with E-state index in [2.05, 4.69) is 27.7 Å². The zero-order valence-electron chi connectivity index (χ0n) is 22.7. The Morgan fingerprint density at radius 1 is 1.03 bits per heavy atom. The molecule has 3 heterocycles. The van der Waals surface area contributed by atoms with Crippen molar-refractivity contribution in [1.29, 1.82) is 0 Å². The van der Waals surface area contributed by atoms with Gasteiger partial charge in [-0.3, -0.25) is 4.79 Å². The van der Waals surface area contributed by atoms with Crippen molar-refractivity contribution < 1.29 is 28.9 Å². The fraction of sp³-hybridized carbons (Fsp3) is 0.793. The molecule has 0 unspecified atom stereocenters. The topological polar surface area (TPSA) is 85.3 Å². The lowest BCUT2D eigenvalue weighted by Gasteiger charge is -2.40. The Hall–Kier alpha value is -1.48. The van der Waals surface area contributed by atoms with Crippen LogP contribution in [0.4, 0.5) is 5.69 Å². The molecule has 3 atom stereocenters. The Kier molecular flexibility index (Phi) is 8.02. The lowest BCUT2D eigenvalue weighted by atomic mass is 9.81. The molecule has 2 saturated carbocycles. The average Bonchev–Trinajstić information content (AvgIpc) is 3.58. The van der Waals surface area contributed by atoms with E-state index in [4.69, 9.17) is 14.2 Å². The third kappa shape index (κ3) is 5.77. The molecule has 1 amide bonds. The summed E-state index contributed by atoms with van der Waals surface area (Å²) in [5.41, 5.74) is 0.421. The minimum absolute atomic E-state index is 0.00499. The summed E-state index contributed by atoms with van der Waals surface area (Å²) in [7, 11) is 0. The zero-order valence-corrected chi connectivity index (χ0v) is 23.6. The first kappa shape index (κ1) is 27.1. The Bertz CT molecular complexity index is 970. The standard InChI is InChI=1S/C29H43NO6S/c1-17-5-7-18(8-6-17)26(31)30(22-15-24(29(2,3)4)37-25(22)27(32)33)19-9-11-20(12-10-19)36-23-16-35-28-21(23)13-14-34-28/h15,17-21,23,28H,5-14,16H2,1-4H3,(H,32,33)/t17?,18?,19?,20?,21-,23+,28+/m0/s1. The highest BCUT2D eigenvalue weighted by Crippen LogP contribution is 2.42. The highest BCUT2D eigenvalue weighted by molar-refractivity contribution is 7.14. The molecule has 1 aromatic heterocycles. The summed E-state index contributed by atoms with van der Waals surface area (Å²) in [6.45, 7) is 9.87. The molecule has 1 N–H and O–H groups in total. The van der Waals surface area contributed by atoms with Gasteiger partial charge >= 0.3 is 5.97 Å². The number of carboxylic acids is 1. The molecule has 0 bridgehead atoms. The molecule has 7 nitrogen and oxygen atoms in total. The first-order chi connectivity index (χ1) is 17.6. The third-order valence-electron chi connectivity index (χ3n) is 8.87. The number of ether oxygens (including phenoxy) is 3. The van der Waals surface area contributed by atoms with Crippen molar-refractivity contribution in [3.63, 3.8) is 0 Å². The molecular formula is C29H43NO6S. The van der Waals surface area contributed by atoms with E-state index >= 15 is 0 Å². The van der Waals surface area contributed by atoms with Crippen LogP contribution in [0.25, 0.3) is 0 Å². The first-order valence-corrected chi connectivity index (χ1v) is 15.0. The minimum atomic E-state index is -0.947. The number of hydrogen-bond donors (Lipinski definition) is 1. The second kappa shape index (κ2) is 10.9. The fourth-order valence-corrected chi connectivity index (χ4v) is 7.58. The van der Waals surface area contributed by atoms with E-state index in [9.17, 15) is 14.7 Å². The van der Waals surface area contributed by atoms with E-state index in [1.165, 1.54) is 11.3 Å². The lowest BCUT2D eigenvalue weighted by Crippen LogP contribution is -2.47. The van der Waals surface area contributed by atoms with Crippen molar-refractivity contribution in [3.05, 3.63) is 15.8 Å². The highest BCUT2D eigenvalue weighted by atomic mass is 32.1. The number of nitrogens with zero attached hydrogens (tertiary/aromatic N) is 1. The Morgan fingerprint density at radius 2 is 1.73 bits per heavy atom. The predicted molar refractivity (Wildman–Crippen MR) is 143 cm³/mol. The van der Waals surface area contributed by atoms with Crippen LogP contribution in [0.2, 0.25) is 0 Å². The molecule has 2 aliphatic heterocycles. The maximum atomic E-state index is 14.1. The van der Waals surface area contributed by atoms with Crippen molar-refractivity contribution in [3.8, 4) is 0 Å². The number of carbonyl (C=O) groups is 2. The van der Waals surface area contributed by atoms with Gasteiger partial charge in [-0.2, -0.15) is 0 Å². The summed E-state index contributed by atoms with van der Waals surface area (Å²) < 4.78 is 17.9. The Morgan fingerprint density at radius 3 is 2.38 bits per heavy atom. The number of carbonyl (C=O) groups excluding carboxylic acids is 1. The van der Waals surface area contributed by atoms with Gasteiger partial charge in [-0.05, 0) is 75.2 Å². The fourth-order valence-electron chi connectivity index (χ4n) is 6.54. The summed E-state index contributed by atoms with van der Waals surface area (Å²) >= 11 is 1.32. The molecule has 1 aromatic rings. The van der Waals surface area contributed by atoms with Gasteiger partial charge in [-0.25, -0.2) is 4.79 Å². The van der Waals surface area contributed by atoms with Gasteiger partial charge in [-0.1, -0.05) is 27.7 Å². The zero-order chi connectivity index (χ0) is 26.3. The summed E-state index contributed by atoms with van der Waals surface area (Å²) in [5.74, 6) is 0.117. The van der Waals surface area contributed by atoms with Crippen LogP contribution in [-0.4, -0.2) is 54.7 Å². The summed E-state index contributed by atoms with van der Waals surface area (Å²) in [6.07, 6.45) is 8.36. The number of carboxylic acid groups (broad SMARTS) is 1. The summed E-state index contributed by atoms with van der Waals surface area (Å²) in [4.78, 5) is 29.7. The van der Waals surface area contributed by atoms with Crippen molar-refractivity contribution >= 4 is 28.9 Å². The van der Waals surface area contributed by atoms with E-state index in [1.807, 2.05) is 11.0 Å². The van der Waals surface area contributed by atoms with Crippen LogP contribution in [0.15, 0.2) is 6.07 Å². The summed E-state index contributed by atoms with van der Waals surface area (Å²) in [5, 5.41) is 10.1. The van der Waals surface area contributed by atoms with Crippen LogP contribution in [0.3, 0.4) is 0 Å². The van der Waals surface area contributed by atoms with Gasteiger partial charge in [0.2, 0.25) is 5.91 Å². The maximum Gasteiger partial charge on any atom is 0.348 e. The van der Waals surface area contributed by atoms with Crippen molar-refractivity contribution in [2.75, 3.05) is 18.1 Å². The van der Waals surface area contributed by atoms with E-state index in [-0.39, 0.29) is 46.7 Å². The van der Waals surface area contributed by atoms with Gasteiger partial charge in [0.25, 0.3) is 0 Å². The Balaban J connectivity index is 1.35. The largest absolute Gasteiger partial charge is 0.477 e. The molecule has 37 heavy (non-hydrogen) atoms. The minimum Gasteiger partial charge on any atom is -0.477 e. The normalized spacial score (nSPS) is 34.3. The van der Waals surface area contributed by atoms with Gasteiger partial charge in [0.15, 0.2) is 6.29 Å². The van der Waals surface area contributed by atoms with E-state index in [0.29, 0.717) is 24.1 Å². The monoisotopic (exact) mass is 533 g/mol. The van der Waals surface area contributed by atoms with Crippen LogP contribution >= 0.6 is 11.3 Å². The molecule has 0 spiro atoms. The molecule has 2 saturated heterocycles. The van der Waals surface area contributed by atoms with Crippen LogP contribution in [0.1, 0.15) is 100 Å². The molecule has 206 valence electrons. The molecule has 8 heteroatoms. The second-order valence-corrected chi connectivity index (χ2v) is 13.7. The van der Waals surface area contributed by atoms with Gasteiger partial charge in [0.1, 0.15) is 4.88 Å². The van der Waals surface area contributed by atoms with E-state index in [1.54, 1.807) is 0 Å². The predicted octanol–water partition coefficient (Wildman–Crippen LogP) is 5.99. The van der Waals surface area contributed by atoms with Crippen LogP contribution < -0.4 is 4.90 Å².